The van der Waals surface area contributed by atoms with Crippen LogP contribution in [0.1, 0.15) is 57.8 Å². The molecule has 1 aromatic carbocycles. The van der Waals surface area contributed by atoms with E-state index in [2.05, 4.69) is 20.8 Å². The molecule has 11 heteroatoms. The first-order valence-electron chi connectivity index (χ1n) is 10.6. The molecule has 3 aromatic rings. The number of aromatic nitrogens is 4. The average molecular weight is 470 g/mol. The number of nitrogens with one attached hydrogen (secondary N) is 1. The monoisotopic (exact) mass is 469 g/mol. The number of esters is 2. The summed E-state index contributed by atoms with van der Waals surface area (Å²) >= 11 is 1.38. The van der Waals surface area contributed by atoms with Crippen molar-refractivity contribution in [1.82, 2.24) is 20.2 Å². The number of hydrogen-bond donors (Lipinski definition) is 1. The Labute approximate surface area is 193 Å². The number of rotatable bonds is 7. The molecule has 10 nitrogen and oxygen atoms in total. The fourth-order valence-electron chi connectivity index (χ4n) is 3.63. The largest absolute Gasteiger partial charge is 0.459 e. The molecule has 0 radical (unpaired) electrons. The maximum atomic E-state index is 12.7. The van der Waals surface area contributed by atoms with Gasteiger partial charge in [-0.15, -0.1) is 16.4 Å². The third-order valence-electron chi connectivity index (χ3n) is 5.03. The van der Waals surface area contributed by atoms with Gasteiger partial charge in [0.2, 0.25) is 0 Å². The fraction of sp³-hybridized carbons (Fsp3) is 0.364. The van der Waals surface area contributed by atoms with Gasteiger partial charge >= 0.3 is 11.9 Å². The van der Waals surface area contributed by atoms with Gasteiger partial charge in [-0.2, -0.15) is 4.68 Å². The Bertz CT molecular complexity index is 1170. The van der Waals surface area contributed by atoms with E-state index in [0.717, 1.165) is 36.1 Å². The number of hydrogen-bond acceptors (Lipinski definition) is 9. The predicted octanol–water partition coefficient (Wildman–Crippen LogP) is 2.96. The maximum absolute atomic E-state index is 12.7. The predicted molar refractivity (Wildman–Crippen MR) is 120 cm³/mol. The van der Waals surface area contributed by atoms with Crippen LogP contribution in [0, 0.1) is 0 Å². The van der Waals surface area contributed by atoms with Crippen LogP contribution in [0.3, 0.4) is 0 Å². The van der Waals surface area contributed by atoms with Crippen LogP contribution >= 0.6 is 11.3 Å². The van der Waals surface area contributed by atoms with E-state index in [-0.39, 0.29) is 11.7 Å². The van der Waals surface area contributed by atoms with E-state index in [9.17, 15) is 14.4 Å². The summed E-state index contributed by atoms with van der Waals surface area (Å²) in [6.45, 7) is 3.05. The van der Waals surface area contributed by atoms with E-state index < -0.39 is 24.5 Å². The zero-order valence-electron chi connectivity index (χ0n) is 18.2. The van der Waals surface area contributed by atoms with Crippen LogP contribution in [0.4, 0.5) is 5.00 Å². The third kappa shape index (κ3) is 5.08. The Kier molecular flexibility index (Phi) is 6.78. The number of carbonyl (C=O) groups is 3. The van der Waals surface area contributed by atoms with Crippen LogP contribution in [-0.4, -0.2) is 50.8 Å². The van der Waals surface area contributed by atoms with E-state index in [1.165, 1.54) is 22.3 Å². The number of fused-ring (bicyclic) bond motifs is 1. The number of aryl methyl sites for hydroxylation is 1. The number of amides is 1. The second kappa shape index (κ2) is 9.90. The summed E-state index contributed by atoms with van der Waals surface area (Å²) < 4.78 is 12.0. The lowest BCUT2D eigenvalue weighted by Gasteiger charge is -2.14. The number of benzene rings is 1. The second-order valence-corrected chi connectivity index (χ2v) is 8.87. The van der Waals surface area contributed by atoms with Crippen molar-refractivity contribution in [2.45, 2.75) is 45.6 Å². The summed E-state index contributed by atoms with van der Waals surface area (Å²) in [7, 11) is 0. The van der Waals surface area contributed by atoms with Crippen LogP contribution in [0.2, 0.25) is 0 Å². The average Bonchev–Trinajstić information content (AvgIpc) is 3.45. The normalized spacial score (nSPS) is 12.8. The number of para-hydroxylation sites is 1. The van der Waals surface area contributed by atoms with E-state index in [0.29, 0.717) is 16.3 Å². The lowest BCUT2D eigenvalue weighted by Crippen LogP contribution is -2.23. The van der Waals surface area contributed by atoms with E-state index in [4.69, 9.17) is 9.47 Å². The zero-order chi connectivity index (χ0) is 23.4. The molecule has 1 N–H and O–H groups in total. The van der Waals surface area contributed by atoms with Crippen LogP contribution in [0.15, 0.2) is 30.6 Å². The Morgan fingerprint density at radius 1 is 1.15 bits per heavy atom. The number of ether oxygens (including phenoxy) is 2. The summed E-state index contributed by atoms with van der Waals surface area (Å²) in [4.78, 5) is 39.0. The van der Waals surface area contributed by atoms with Gasteiger partial charge in [-0.05, 0) is 67.7 Å². The van der Waals surface area contributed by atoms with Crippen molar-refractivity contribution in [3.63, 3.8) is 0 Å². The van der Waals surface area contributed by atoms with E-state index in [1.807, 2.05) is 0 Å². The molecule has 0 bridgehead atoms. The summed E-state index contributed by atoms with van der Waals surface area (Å²) in [5.74, 6) is -1.69. The quantitative estimate of drug-likeness (QED) is 0.524. The van der Waals surface area contributed by atoms with Gasteiger partial charge in [0.05, 0.1) is 22.9 Å². The van der Waals surface area contributed by atoms with Crippen LogP contribution < -0.4 is 5.32 Å². The smallest absolute Gasteiger partial charge is 0.341 e. The molecule has 0 saturated heterocycles. The molecule has 0 aliphatic heterocycles. The van der Waals surface area contributed by atoms with Gasteiger partial charge in [-0.1, -0.05) is 12.1 Å². The molecule has 2 aromatic heterocycles. The Morgan fingerprint density at radius 3 is 2.70 bits per heavy atom. The van der Waals surface area contributed by atoms with Crippen molar-refractivity contribution in [2.24, 2.45) is 0 Å². The van der Waals surface area contributed by atoms with E-state index in [1.54, 1.807) is 38.1 Å². The van der Waals surface area contributed by atoms with Crippen molar-refractivity contribution in [1.29, 1.82) is 0 Å². The molecule has 1 aliphatic rings. The molecule has 1 aliphatic carbocycles. The minimum absolute atomic E-state index is 0.213. The number of tetrazole rings is 1. The van der Waals surface area contributed by atoms with Crippen LogP contribution in [-0.2, 0) is 27.1 Å². The van der Waals surface area contributed by atoms with Crippen molar-refractivity contribution in [3.05, 3.63) is 52.2 Å². The van der Waals surface area contributed by atoms with E-state index >= 15 is 0 Å². The van der Waals surface area contributed by atoms with Crippen molar-refractivity contribution in [2.75, 3.05) is 11.9 Å². The van der Waals surface area contributed by atoms with Crippen LogP contribution in [0.5, 0.6) is 0 Å². The molecular weight excluding hydrogens is 446 g/mol. The number of carbonyl (C=O) groups excluding carboxylic acids is 3. The third-order valence-corrected chi connectivity index (χ3v) is 6.23. The summed E-state index contributed by atoms with van der Waals surface area (Å²) in [6, 6.07) is 6.63. The summed E-state index contributed by atoms with van der Waals surface area (Å²) in [5, 5.41) is 14.1. The molecular formula is C22H23N5O5S. The molecule has 0 atom stereocenters. The lowest BCUT2D eigenvalue weighted by molar-refractivity contribution is -0.119. The van der Waals surface area contributed by atoms with Gasteiger partial charge in [0.25, 0.3) is 5.91 Å². The topological polar surface area (TPSA) is 125 Å². The van der Waals surface area contributed by atoms with Crippen molar-refractivity contribution >= 4 is 34.2 Å². The highest BCUT2D eigenvalue weighted by molar-refractivity contribution is 7.17. The molecule has 0 spiro atoms. The van der Waals surface area contributed by atoms with Gasteiger partial charge in [0.1, 0.15) is 11.3 Å². The minimum Gasteiger partial charge on any atom is -0.459 e. The van der Waals surface area contributed by atoms with Gasteiger partial charge < -0.3 is 14.8 Å². The molecule has 172 valence electrons. The molecule has 4 rings (SSSR count). The lowest BCUT2D eigenvalue weighted by atomic mass is 9.95. The first kappa shape index (κ1) is 22.6. The standard InChI is InChI=1S/C22H23N5O5S/c1-13(2)32-22(30)19-15-8-4-6-10-17(15)33-20(19)24-18(28)11-31-21(29)14-7-3-5-9-16(14)27-12-23-25-26-27/h3,5,7,9,12-13H,4,6,8,10-11H2,1-2H3,(H,24,28). The molecule has 0 unspecified atom stereocenters. The Balaban J connectivity index is 1.46. The Hall–Kier alpha value is -3.60. The first-order valence-corrected chi connectivity index (χ1v) is 11.4. The minimum atomic E-state index is -0.693. The SMILES string of the molecule is CC(C)OC(=O)c1c(NC(=O)COC(=O)c2ccccc2-n2cnnn2)sc2c1CCCC2. The zero-order valence-corrected chi connectivity index (χ0v) is 19.1. The highest BCUT2D eigenvalue weighted by Crippen LogP contribution is 2.38. The number of nitrogens with zero attached hydrogens (tertiary/aromatic N) is 4. The van der Waals surface area contributed by atoms with Crippen LogP contribution in [0.25, 0.3) is 5.69 Å². The van der Waals surface area contributed by atoms with Gasteiger partial charge in [0, 0.05) is 4.88 Å². The number of thiophene rings is 1. The molecule has 0 saturated carbocycles. The Morgan fingerprint density at radius 2 is 1.94 bits per heavy atom. The summed E-state index contributed by atoms with van der Waals surface area (Å²) in [6.07, 6.45) is 4.74. The van der Waals surface area contributed by atoms with Crippen molar-refractivity contribution < 1.29 is 23.9 Å². The van der Waals surface area contributed by atoms with Gasteiger partial charge in [0.15, 0.2) is 6.61 Å². The van der Waals surface area contributed by atoms with Gasteiger partial charge in [-0.25, -0.2) is 9.59 Å². The molecule has 33 heavy (non-hydrogen) atoms. The molecule has 1 amide bonds. The first-order chi connectivity index (χ1) is 15.9. The number of anilines is 1. The second-order valence-electron chi connectivity index (χ2n) is 7.76. The molecule has 0 fully saturated rings. The molecule has 2 heterocycles. The van der Waals surface area contributed by atoms with Gasteiger partial charge in [-0.3, -0.25) is 4.79 Å². The highest BCUT2D eigenvalue weighted by atomic mass is 32.1. The van der Waals surface area contributed by atoms with Crippen molar-refractivity contribution in [3.8, 4) is 5.69 Å². The maximum Gasteiger partial charge on any atom is 0.341 e. The summed E-state index contributed by atoms with van der Waals surface area (Å²) in [5.41, 5.74) is 2.00. The highest BCUT2D eigenvalue weighted by Gasteiger charge is 2.28. The fourth-order valence-corrected chi connectivity index (χ4v) is 4.93.